The van der Waals surface area contributed by atoms with Crippen molar-refractivity contribution >= 4 is 17.2 Å². The van der Waals surface area contributed by atoms with Crippen molar-refractivity contribution in [2.24, 2.45) is 0 Å². The predicted molar refractivity (Wildman–Crippen MR) is 82.0 cm³/mol. The third-order valence-corrected chi connectivity index (χ3v) is 4.25. The third-order valence-electron chi connectivity index (χ3n) is 3.34. The number of nitrogens with zero attached hydrogens (tertiary/aromatic N) is 1. The molecule has 0 aromatic carbocycles. The molecule has 1 atom stereocenters. The first-order chi connectivity index (χ1) is 10.3. The molecule has 6 heteroatoms. The molecular weight excluding hydrogens is 288 g/mol. The number of nitrogens with one attached hydrogen (secondary N) is 1. The van der Waals surface area contributed by atoms with Gasteiger partial charge in [-0.2, -0.15) is 0 Å². The van der Waals surface area contributed by atoms with Crippen molar-refractivity contribution in [3.8, 4) is 11.8 Å². The molecule has 1 aliphatic rings. The fraction of sp³-hybridized carbons (Fsp3) is 0.533. The van der Waals surface area contributed by atoms with Gasteiger partial charge >= 0.3 is 0 Å². The summed E-state index contributed by atoms with van der Waals surface area (Å²) in [6, 6.07) is 1.74. The topological polar surface area (TPSA) is 61.8 Å². The van der Waals surface area contributed by atoms with Crippen molar-refractivity contribution in [2.45, 2.75) is 19.0 Å². The lowest BCUT2D eigenvalue weighted by atomic mass is 10.2. The van der Waals surface area contributed by atoms with E-state index in [0.717, 1.165) is 17.0 Å². The smallest absolute Gasteiger partial charge is 0.239 e. The minimum absolute atomic E-state index is 0.0147. The number of thiophene rings is 1. The van der Waals surface area contributed by atoms with Gasteiger partial charge in [-0.1, -0.05) is 11.8 Å². The number of carbonyl (C=O) groups is 1. The maximum atomic E-state index is 11.9. The summed E-state index contributed by atoms with van der Waals surface area (Å²) in [5.41, 5.74) is 0.982. The molecule has 0 aliphatic carbocycles. The number of aliphatic hydroxyl groups excluding tert-OH is 1. The van der Waals surface area contributed by atoms with Crippen LogP contribution in [0.25, 0.3) is 0 Å². The zero-order valence-electron chi connectivity index (χ0n) is 12.1. The molecule has 0 saturated carbocycles. The molecule has 1 amide bonds. The maximum Gasteiger partial charge on any atom is 0.239 e. The van der Waals surface area contributed by atoms with Crippen LogP contribution >= 0.6 is 11.3 Å². The van der Waals surface area contributed by atoms with E-state index in [1.807, 2.05) is 11.4 Å². The standard InChI is InChI=1S/C15H20N2O3S/c1-16-15(19)13-11-20-8-6-17(13)10-14-12(5-9-21-14)4-2-3-7-18/h5,9,13,18H,3,6-8,10-11H2,1H3,(H,16,19). The summed E-state index contributed by atoms with van der Waals surface area (Å²) in [6.45, 7) is 2.58. The number of rotatable bonds is 4. The fourth-order valence-electron chi connectivity index (χ4n) is 2.21. The number of amides is 1. The molecule has 1 aliphatic heterocycles. The summed E-state index contributed by atoms with van der Waals surface area (Å²) in [5.74, 6) is 6.01. The van der Waals surface area contributed by atoms with Gasteiger partial charge in [0.05, 0.1) is 19.8 Å². The van der Waals surface area contributed by atoms with E-state index in [1.165, 1.54) is 0 Å². The second-order valence-corrected chi connectivity index (χ2v) is 5.71. The summed E-state index contributed by atoms with van der Waals surface area (Å²) >= 11 is 1.64. The second kappa shape index (κ2) is 8.15. The number of hydrogen-bond donors (Lipinski definition) is 2. The Morgan fingerprint density at radius 2 is 2.52 bits per heavy atom. The van der Waals surface area contributed by atoms with Crippen molar-refractivity contribution in [3.63, 3.8) is 0 Å². The molecule has 21 heavy (non-hydrogen) atoms. The van der Waals surface area contributed by atoms with Crippen LogP contribution in [0.4, 0.5) is 0 Å². The molecule has 2 rings (SSSR count). The van der Waals surface area contributed by atoms with Gasteiger partial charge in [0.1, 0.15) is 6.04 Å². The van der Waals surface area contributed by atoms with Gasteiger partial charge in [-0.25, -0.2) is 0 Å². The molecular formula is C15H20N2O3S. The Balaban J connectivity index is 2.08. The van der Waals surface area contributed by atoms with E-state index in [0.29, 0.717) is 26.2 Å². The largest absolute Gasteiger partial charge is 0.395 e. The van der Waals surface area contributed by atoms with Crippen LogP contribution < -0.4 is 5.32 Å². The molecule has 5 nitrogen and oxygen atoms in total. The zero-order valence-corrected chi connectivity index (χ0v) is 12.9. The van der Waals surface area contributed by atoms with Crippen LogP contribution in [0.3, 0.4) is 0 Å². The Bertz CT molecular complexity index is 533. The highest BCUT2D eigenvalue weighted by Gasteiger charge is 2.29. The van der Waals surface area contributed by atoms with Crippen molar-refractivity contribution in [1.29, 1.82) is 0 Å². The highest BCUT2D eigenvalue weighted by molar-refractivity contribution is 7.10. The van der Waals surface area contributed by atoms with E-state index in [-0.39, 0.29) is 18.6 Å². The number of morpholine rings is 1. The monoisotopic (exact) mass is 308 g/mol. The van der Waals surface area contributed by atoms with E-state index in [1.54, 1.807) is 18.4 Å². The first-order valence-electron chi connectivity index (χ1n) is 6.95. The van der Waals surface area contributed by atoms with Crippen LogP contribution in [0.1, 0.15) is 16.9 Å². The minimum Gasteiger partial charge on any atom is -0.395 e. The van der Waals surface area contributed by atoms with Gasteiger partial charge in [-0.3, -0.25) is 9.69 Å². The molecule has 0 radical (unpaired) electrons. The highest BCUT2D eigenvalue weighted by Crippen LogP contribution is 2.20. The van der Waals surface area contributed by atoms with Crippen molar-refractivity contribution in [1.82, 2.24) is 10.2 Å². The van der Waals surface area contributed by atoms with E-state index < -0.39 is 0 Å². The average Bonchev–Trinajstić information content (AvgIpc) is 2.95. The molecule has 2 N–H and O–H groups in total. The summed E-state index contributed by atoms with van der Waals surface area (Å²) < 4.78 is 5.41. The molecule has 1 saturated heterocycles. The second-order valence-electron chi connectivity index (χ2n) is 4.71. The van der Waals surface area contributed by atoms with Crippen molar-refractivity contribution < 1.29 is 14.6 Å². The van der Waals surface area contributed by atoms with E-state index >= 15 is 0 Å². The van der Waals surface area contributed by atoms with Gasteiger partial charge < -0.3 is 15.2 Å². The summed E-state index contributed by atoms with van der Waals surface area (Å²) in [6.07, 6.45) is 0.480. The van der Waals surface area contributed by atoms with Gasteiger partial charge in [-0.15, -0.1) is 11.3 Å². The van der Waals surface area contributed by atoms with Crippen LogP contribution in [0, 0.1) is 11.8 Å². The summed E-state index contributed by atoms with van der Waals surface area (Å²) in [5, 5.41) is 13.5. The normalized spacial score (nSPS) is 18.9. The molecule has 2 heterocycles. The Morgan fingerprint density at radius 1 is 1.67 bits per heavy atom. The van der Waals surface area contributed by atoms with Crippen LogP contribution in [0.5, 0.6) is 0 Å². The van der Waals surface area contributed by atoms with Crippen LogP contribution in [0.2, 0.25) is 0 Å². The third kappa shape index (κ3) is 4.29. The lowest BCUT2D eigenvalue weighted by Crippen LogP contribution is -2.52. The van der Waals surface area contributed by atoms with E-state index in [2.05, 4.69) is 22.1 Å². The lowest BCUT2D eigenvalue weighted by molar-refractivity contribution is -0.132. The Hall–Kier alpha value is -1.39. The first kappa shape index (κ1) is 16.0. The first-order valence-corrected chi connectivity index (χ1v) is 7.83. The van der Waals surface area contributed by atoms with Gasteiger partial charge in [0.2, 0.25) is 5.91 Å². The Kier molecular flexibility index (Phi) is 6.21. The van der Waals surface area contributed by atoms with E-state index in [9.17, 15) is 4.79 Å². The minimum atomic E-state index is -0.246. The number of carbonyl (C=O) groups excluding carboxylic acids is 1. The van der Waals surface area contributed by atoms with Crippen molar-refractivity contribution in [3.05, 3.63) is 21.9 Å². The van der Waals surface area contributed by atoms with Gasteiger partial charge in [0.15, 0.2) is 0 Å². The summed E-state index contributed by atoms with van der Waals surface area (Å²) in [4.78, 5) is 15.2. The number of hydrogen-bond acceptors (Lipinski definition) is 5. The molecule has 1 unspecified atom stereocenters. The summed E-state index contributed by atoms with van der Waals surface area (Å²) in [7, 11) is 1.64. The highest BCUT2D eigenvalue weighted by atomic mass is 32.1. The van der Waals surface area contributed by atoms with E-state index in [4.69, 9.17) is 9.84 Å². The van der Waals surface area contributed by atoms with Crippen molar-refractivity contribution in [2.75, 3.05) is 33.4 Å². The Morgan fingerprint density at radius 3 is 3.29 bits per heavy atom. The predicted octanol–water partition coefficient (Wildman–Crippen LogP) is 0.429. The molecule has 1 aromatic rings. The van der Waals surface area contributed by atoms with Gasteiger partial charge in [0.25, 0.3) is 0 Å². The fourth-order valence-corrected chi connectivity index (χ4v) is 3.06. The molecule has 0 spiro atoms. The molecule has 114 valence electrons. The quantitative estimate of drug-likeness (QED) is 0.792. The van der Waals surface area contributed by atoms with Gasteiger partial charge in [0, 0.05) is 37.0 Å². The SMILES string of the molecule is CNC(=O)C1COCCN1Cc1sccc1C#CCCO. The average molecular weight is 308 g/mol. The number of likely N-dealkylation sites (N-methyl/N-ethyl adjacent to an activating group) is 1. The molecule has 1 aromatic heterocycles. The van der Waals surface area contributed by atoms with Crippen LogP contribution in [0.15, 0.2) is 11.4 Å². The lowest BCUT2D eigenvalue weighted by Gasteiger charge is -2.33. The van der Waals surface area contributed by atoms with Crippen LogP contribution in [-0.2, 0) is 16.1 Å². The molecule has 0 bridgehead atoms. The zero-order chi connectivity index (χ0) is 15.1. The van der Waals surface area contributed by atoms with Crippen LogP contribution in [-0.4, -0.2) is 55.4 Å². The van der Waals surface area contributed by atoms with Gasteiger partial charge in [-0.05, 0) is 11.4 Å². The number of aliphatic hydroxyl groups is 1. The Labute approximate surface area is 128 Å². The maximum absolute atomic E-state index is 11.9. The number of ether oxygens (including phenoxy) is 1. The molecule has 1 fully saturated rings.